The van der Waals surface area contributed by atoms with E-state index >= 15 is 0 Å². The number of rotatable bonds is 2. The fourth-order valence-corrected chi connectivity index (χ4v) is 2.22. The smallest absolute Gasteiger partial charge is 0.225 e. The first-order valence-electron chi connectivity index (χ1n) is 5.48. The van der Waals surface area contributed by atoms with E-state index in [1.807, 2.05) is 0 Å². The Hall–Kier alpha value is -0.970. The van der Waals surface area contributed by atoms with Gasteiger partial charge in [-0.1, -0.05) is 6.92 Å². The second-order valence-electron chi connectivity index (χ2n) is 3.84. The molecule has 0 spiro atoms. The number of piperidine rings is 1. The predicted octanol–water partition coefficient (Wildman–Crippen LogP) is 1.97. The van der Waals surface area contributed by atoms with Gasteiger partial charge in [0.2, 0.25) is 5.95 Å². The largest absolute Gasteiger partial charge is 0.340 e. The molecule has 0 atom stereocenters. The summed E-state index contributed by atoms with van der Waals surface area (Å²) in [7, 11) is 0. The van der Waals surface area contributed by atoms with Crippen molar-refractivity contribution < 1.29 is 4.79 Å². The zero-order valence-electron chi connectivity index (χ0n) is 9.24. The van der Waals surface area contributed by atoms with E-state index in [0.29, 0.717) is 18.6 Å². The molecule has 0 aromatic carbocycles. The molecule has 0 amide bonds. The molecule has 86 valence electrons. The van der Waals surface area contributed by atoms with Gasteiger partial charge in [-0.2, -0.15) is 0 Å². The average Bonchev–Trinajstić information content (AvgIpc) is 2.31. The van der Waals surface area contributed by atoms with Crippen LogP contribution in [0, 0.1) is 0 Å². The minimum Gasteiger partial charge on any atom is -0.340 e. The molecule has 1 saturated heterocycles. The number of anilines is 1. The topological polar surface area (TPSA) is 46.1 Å². The third kappa shape index (κ3) is 2.40. The van der Waals surface area contributed by atoms with Crippen LogP contribution in [0.15, 0.2) is 10.7 Å². The van der Waals surface area contributed by atoms with Crippen molar-refractivity contribution in [3.63, 3.8) is 0 Å². The molecule has 1 aromatic rings. The van der Waals surface area contributed by atoms with Crippen molar-refractivity contribution in [1.29, 1.82) is 0 Å². The summed E-state index contributed by atoms with van der Waals surface area (Å²) in [5.41, 5.74) is 1.02. The highest BCUT2D eigenvalue weighted by Gasteiger charge is 2.18. The van der Waals surface area contributed by atoms with Gasteiger partial charge in [-0.25, -0.2) is 9.97 Å². The molecule has 1 aliphatic rings. The zero-order chi connectivity index (χ0) is 11.5. The number of ketones is 1. The molecule has 2 rings (SSSR count). The molecule has 2 heterocycles. The van der Waals surface area contributed by atoms with Crippen molar-refractivity contribution in [3.8, 4) is 0 Å². The van der Waals surface area contributed by atoms with Crippen LogP contribution in [-0.2, 0) is 11.2 Å². The first-order valence-corrected chi connectivity index (χ1v) is 6.28. The molecule has 5 heteroatoms. The van der Waals surface area contributed by atoms with Gasteiger partial charge in [0.25, 0.3) is 0 Å². The number of aromatic nitrogens is 2. The second kappa shape index (κ2) is 4.91. The zero-order valence-corrected chi connectivity index (χ0v) is 10.8. The first kappa shape index (κ1) is 11.5. The fraction of sp³-hybridized carbons (Fsp3) is 0.545. The van der Waals surface area contributed by atoms with Gasteiger partial charge in [-0.15, -0.1) is 0 Å². The number of aryl methyl sites for hydroxylation is 1. The normalized spacial score (nSPS) is 16.6. The second-order valence-corrected chi connectivity index (χ2v) is 4.70. The molecule has 16 heavy (non-hydrogen) atoms. The predicted molar refractivity (Wildman–Crippen MR) is 65.6 cm³/mol. The van der Waals surface area contributed by atoms with E-state index in [1.165, 1.54) is 0 Å². The number of hydrogen-bond donors (Lipinski definition) is 0. The van der Waals surface area contributed by atoms with Gasteiger partial charge in [-0.3, -0.25) is 4.79 Å². The van der Waals surface area contributed by atoms with Gasteiger partial charge < -0.3 is 4.90 Å². The number of halogens is 1. The van der Waals surface area contributed by atoms with E-state index in [4.69, 9.17) is 0 Å². The van der Waals surface area contributed by atoms with Gasteiger partial charge >= 0.3 is 0 Å². The summed E-state index contributed by atoms with van der Waals surface area (Å²) in [6.45, 7) is 3.55. The summed E-state index contributed by atoms with van der Waals surface area (Å²) in [6, 6.07) is 0. The summed E-state index contributed by atoms with van der Waals surface area (Å²) in [6.07, 6.45) is 3.89. The Kier molecular flexibility index (Phi) is 3.53. The summed E-state index contributed by atoms with van der Waals surface area (Å²) in [4.78, 5) is 22.0. The van der Waals surface area contributed by atoms with Crippen molar-refractivity contribution in [2.24, 2.45) is 0 Å². The number of Topliss-reactive ketones (excluding diaryl/α,β-unsaturated/α-hetero) is 1. The Bertz CT molecular complexity index is 398. The third-order valence-electron chi connectivity index (χ3n) is 2.74. The quantitative estimate of drug-likeness (QED) is 0.833. The summed E-state index contributed by atoms with van der Waals surface area (Å²) < 4.78 is 0.951. The van der Waals surface area contributed by atoms with Gasteiger partial charge in [0.05, 0.1) is 10.2 Å². The maximum absolute atomic E-state index is 11.1. The highest BCUT2D eigenvalue weighted by atomic mass is 79.9. The third-order valence-corrected chi connectivity index (χ3v) is 3.41. The molecular weight excluding hydrogens is 270 g/mol. The molecule has 1 aliphatic heterocycles. The number of carbonyl (C=O) groups is 1. The lowest BCUT2D eigenvalue weighted by atomic mass is 10.1. The van der Waals surface area contributed by atoms with E-state index < -0.39 is 0 Å². The number of carbonyl (C=O) groups excluding carboxylic acids is 1. The standard InChI is InChI=1S/C11H14BrN3O/c1-2-10-9(12)7-13-11(14-10)15-5-3-8(16)4-6-15/h7H,2-6H2,1H3. The minimum atomic E-state index is 0.337. The van der Waals surface area contributed by atoms with Crippen LogP contribution in [0.5, 0.6) is 0 Å². The van der Waals surface area contributed by atoms with Crippen LogP contribution in [0.1, 0.15) is 25.5 Å². The lowest BCUT2D eigenvalue weighted by Gasteiger charge is -2.26. The summed E-state index contributed by atoms with van der Waals surface area (Å²) in [5.74, 6) is 1.08. The Morgan fingerprint density at radius 3 is 2.75 bits per heavy atom. The van der Waals surface area contributed by atoms with E-state index in [9.17, 15) is 4.79 Å². The van der Waals surface area contributed by atoms with E-state index in [0.717, 1.165) is 35.6 Å². The van der Waals surface area contributed by atoms with Crippen LogP contribution in [0.4, 0.5) is 5.95 Å². The molecule has 1 fully saturated rings. The molecule has 1 aromatic heterocycles. The summed E-state index contributed by atoms with van der Waals surface area (Å²) >= 11 is 3.43. The van der Waals surface area contributed by atoms with Gasteiger partial charge in [0.1, 0.15) is 5.78 Å². The number of hydrogen-bond acceptors (Lipinski definition) is 4. The van der Waals surface area contributed by atoms with Crippen molar-refractivity contribution in [2.45, 2.75) is 26.2 Å². The van der Waals surface area contributed by atoms with Crippen molar-refractivity contribution in [3.05, 3.63) is 16.4 Å². The first-order chi connectivity index (χ1) is 7.70. The molecule has 0 N–H and O–H groups in total. The van der Waals surface area contributed by atoms with Crippen molar-refractivity contribution in [2.75, 3.05) is 18.0 Å². The molecule has 0 radical (unpaired) electrons. The van der Waals surface area contributed by atoms with Crippen LogP contribution >= 0.6 is 15.9 Å². The van der Waals surface area contributed by atoms with E-state index in [-0.39, 0.29) is 0 Å². The molecule has 0 unspecified atom stereocenters. The fourth-order valence-electron chi connectivity index (χ4n) is 1.75. The summed E-state index contributed by atoms with van der Waals surface area (Å²) in [5, 5.41) is 0. The monoisotopic (exact) mass is 283 g/mol. The van der Waals surface area contributed by atoms with Gasteiger partial charge in [0.15, 0.2) is 0 Å². The SMILES string of the molecule is CCc1nc(N2CCC(=O)CC2)ncc1Br. The van der Waals surface area contributed by atoms with E-state index in [2.05, 4.69) is 37.7 Å². The van der Waals surface area contributed by atoms with Crippen LogP contribution in [0.25, 0.3) is 0 Å². The van der Waals surface area contributed by atoms with Crippen molar-refractivity contribution in [1.82, 2.24) is 9.97 Å². The highest BCUT2D eigenvalue weighted by Crippen LogP contribution is 2.19. The molecule has 0 aliphatic carbocycles. The maximum atomic E-state index is 11.1. The van der Waals surface area contributed by atoms with Crippen LogP contribution in [-0.4, -0.2) is 28.8 Å². The Balaban J connectivity index is 2.17. The number of nitrogens with zero attached hydrogens (tertiary/aromatic N) is 3. The Labute approximate surface area is 103 Å². The molecule has 0 saturated carbocycles. The van der Waals surface area contributed by atoms with Gasteiger partial charge in [0, 0.05) is 32.1 Å². The Morgan fingerprint density at radius 2 is 2.12 bits per heavy atom. The van der Waals surface area contributed by atoms with Crippen LogP contribution < -0.4 is 4.90 Å². The van der Waals surface area contributed by atoms with Crippen molar-refractivity contribution >= 4 is 27.7 Å². The van der Waals surface area contributed by atoms with E-state index in [1.54, 1.807) is 6.20 Å². The molecule has 4 nitrogen and oxygen atoms in total. The van der Waals surface area contributed by atoms with Crippen LogP contribution in [0.2, 0.25) is 0 Å². The Morgan fingerprint density at radius 1 is 1.44 bits per heavy atom. The van der Waals surface area contributed by atoms with Gasteiger partial charge in [-0.05, 0) is 22.4 Å². The van der Waals surface area contributed by atoms with Crippen LogP contribution in [0.3, 0.4) is 0 Å². The lowest BCUT2D eigenvalue weighted by Crippen LogP contribution is -2.35. The average molecular weight is 284 g/mol. The molecule has 0 bridgehead atoms. The highest BCUT2D eigenvalue weighted by molar-refractivity contribution is 9.10. The maximum Gasteiger partial charge on any atom is 0.225 e. The lowest BCUT2D eigenvalue weighted by molar-refractivity contribution is -0.119. The minimum absolute atomic E-state index is 0.337. The molecular formula is C11H14BrN3O.